The van der Waals surface area contributed by atoms with Crippen molar-refractivity contribution in [2.45, 2.75) is 52.4 Å². The summed E-state index contributed by atoms with van der Waals surface area (Å²) in [5.41, 5.74) is 1.56. The zero-order valence-electron chi connectivity index (χ0n) is 13.0. The van der Waals surface area contributed by atoms with Crippen molar-refractivity contribution in [2.24, 2.45) is 0 Å². The van der Waals surface area contributed by atoms with Gasteiger partial charge in [-0.15, -0.1) is 0 Å². The van der Waals surface area contributed by atoms with Crippen LogP contribution in [0.25, 0.3) is 0 Å². The number of hydrogen-bond acceptors (Lipinski definition) is 2. The first kappa shape index (κ1) is 16.5. The van der Waals surface area contributed by atoms with Gasteiger partial charge in [-0.05, 0) is 64.7 Å². The highest BCUT2D eigenvalue weighted by atomic mass is 15.1. The van der Waals surface area contributed by atoms with Gasteiger partial charge in [-0.1, -0.05) is 37.6 Å². The van der Waals surface area contributed by atoms with E-state index in [-0.39, 0.29) is 0 Å². The highest BCUT2D eigenvalue weighted by Crippen LogP contribution is 2.10. The Bertz CT molecular complexity index is 262. The lowest BCUT2D eigenvalue weighted by Gasteiger charge is -2.20. The molecule has 0 amide bonds. The summed E-state index contributed by atoms with van der Waals surface area (Å²) in [6, 6.07) is 0. The summed E-state index contributed by atoms with van der Waals surface area (Å²) in [6.45, 7) is 10.6. The van der Waals surface area contributed by atoms with Crippen molar-refractivity contribution in [2.75, 3.05) is 32.7 Å². The Labute approximate surface area is 120 Å². The number of rotatable bonds is 11. The first-order chi connectivity index (χ1) is 9.36. The van der Waals surface area contributed by atoms with E-state index in [1.807, 2.05) is 0 Å². The lowest BCUT2D eigenvalue weighted by Crippen LogP contribution is -2.27. The maximum Gasteiger partial charge on any atom is 0.0167 e. The van der Waals surface area contributed by atoms with Crippen molar-refractivity contribution >= 4 is 0 Å². The topological polar surface area (TPSA) is 15.3 Å². The summed E-state index contributed by atoms with van der Waals surface area (Å²) in [5, 5.41) is 3.57. The van der Waals surface area contributed by atoms with Gasteiger partial charge in [0.25, 0.3) is 0 Å². The quantitative estimate of drug-likeness (QED) is 0.572. The lowest BCUT2D eigenvalue weighted by molar-refractivity contribution is 0.269. The van der Waals surface area contributed by atoms with Crippen molar-refractivity contribution in [3.8, 4) is 0 Å². The molecule has 0 saturated carbocycles. The fourth-order valence-electron chi connectivity index (χ4n) is 2.60. The van der Waals surface area contributed by atoms with E-state index in [9.17, 15) is 0 Å². The van der Waals surface area contributed by atoms with Crippen molar-refractivity contribution in [3.63, 3.8) is 0 Å². The first-order valence-corrected chi connectivity index (χ1v) is 8.14. The number of nitrogens with one attached hydrogen (secondary N) is 1. The zero-order valence-corrected chi connectivity index (χ0v) is 13.0. The molecule has 1 rings (SSSR count). The minimum Gasteiger partial charge on any atom is -0.313 e. The Kier molecular flexibility index (Phi) is 9.74. The van der Waals surface area contributed by atoms with Gasteiger partial charge in [0, 0.05) is 6.54 Å². The Morgan fingerprint density at radius 2 is 1.89 bits per heavy atom. The van der Waals surface area contributed by atoms with Crippen molar-refractivity contribution in [1.29, 1.82) is 0 Å². The maximum atomic E-state index is 3.57. The summed E-state index contributed by atoms with van der Waals surface area (Å²) in [6.07, 6.45) is 14.3. The molecule has 0 bridgehead atoms. The van der Waals surface area contributed by atoms with Crippen LogP contribution in [-0.4, -0.2) is 37.6 Å². The summed E-state index contributed by atoms with van der Waals surface area (Å²) >= 11 is 0. The van der Waals surface area contributed by atoms with Gasteiger partial charge in [-0.3, -0.25) is 0 Å². The van der Waals surface area contributed by atoms with Crippen LogP contribution in [0.3, 0.4) is 0 Å². The molecule has 0 aromatic carbocycles. The van der Waals surface area contributed by atoms with Gasteiger partial charge >= 0.3 is 0 Å². The molecule has 0 fully saturated rings. The van der Waals surface area contributed by atoms with E-state index in [0.717, 1.165) is 13.1 Å². The molecular formula is C17H32N2. The number of allylic oxidation sites excluding steroid dienone is 3. The molecule has 0 heterocycles. The molecule has 0 atom stereocenters. The van der Waals surface area contributed by atoms with Crippen molar-refractivity contribution in [3.05, 3.63) is 23.8 Å². The average molecular weight is 264 g/mol. The first-order valence-electron chi connectivity index (χ1n) is 8.14. The Morgan fingerprint density at radius 1 is 1.11 bits per heavy atom. The summed E-state index contributed by atoms with van der Waals surface area (Å²) in [7, 11) is 0. The van der Waals surface area contributed by atoms with Crippen LogP contribution in [-0.2, 0) is 0 Å². The Balaban J connectivity index is 1.97. The summed E-state index contributed by atoms with van der Waals surface area (Å²) in [5.74, 6) is 0. The monoisotopic (exact) mass is 264 g/mol. The van der Waals surface area contributed by atoms with Crippen LogP contribution in [0.5, 0.6) is 0 Å². The van der Waals surface area contributed by atoms with Crippen LogP contribution in [0, 0.1) is 0 Å². The van der Waals surface area contributed by atoms with Crippen LogP contribution in [0.4, 0.5) is 0 Å². The maximum absolute atomic E-state index is 3.57. The van der Waals surface area contributed by atoms with E-state index < -0.39 is 0 Å². The van der Waals surface area contributed by atoms with Gasteiger partial charge in [0.15, 0.2) is 0 Å². The Hall–Kier alpha value is -0.600. The third-order valence-corrected chi connectivity index (χ3v) is 3.61. The van der Waals surface area contributed by atoms with Crippen molar-refractivity contribution in [1.82, 2.24) is 10.2 Å². The molecule has 0 unspecified atom stereocenters. The number of hydrogen-bond donors (Lipinski definition) is 1. The molecule has 2 heteroatoms. The third-order valence-electron chi connectivity index (χ3n) is 3.61. The number of nitrogens with zero attached hydrogens (tertiary/aromatic N) is 1. The van der Waals surface area contributed by atoms with Gasteiger partial charge in [0.1, 0.15) is 0 Å². The van der Waals surface area contributed by atoms with Crippen LogP contribution >= 0.6 is 0 Å². The molecule has 1 aliphatic rings. The second-order valence-corrected chi connectivity index (χ2v) is 5.52. The Morgan fingerprint density at radius 3 is 2.53 bits per heavy atom. The zero-order chi connectivity index (χ0) is 13.8. The summed E-state index contributed by atoms with van der Waals surface area (Å²) in [4.78, 5) is 2.61. The fraction of sp³-hybridized carbons (Fsp3) is 0.765. The molecule has 0 spiro atoms. The highest BCUT2D eigenvalue weighted by molar-refractivity contribution is 5.18. The van der Waals surface area contributed by atoms with Gasteiger partial charge in [0.05, 0.1) is 0 Å². The molecule has 19 heavy (non-hydrogen) atoms. The second-order valence-electron chi connectivity index (χ2n) is 5.52. The molecule has 0 aromatic heterocycles. The average Bonchev–Trinajstić information content (AvgIpc) is 2.44. The normalized spacial score (nSPS) is 15.0. The minimum absolute atomic E-state index is 1.08. The molecule has 2 nitrogen and oxygen atoms in total. The third kappa shape index (κ3) is 8.22. The molecule has 0 saturated heterocycles. The van der Waals surface area contributed by atoms with Gasteiger partial charge in [-0.25, -0.2) is 0 Å². The highest BCUT2D eigenvalue weighted by Gasteiger charge is 2.02. The lowest BCUT2D eigenvalue weighted by atomic mass is 10.1. The van der Waals surface area contributed by atoms with E-state index in [1.165, 1.54) is 58.2 Å². The summed E-state index contributed by atoms with van der Waals surface area (Å²) < 4.78 is 0. The standard InChI is InChI=1S/C17H32N2/c1-3-13-19(14-4-2)15-9-8-12-18-16-17-10-6-5-7-11-17/h5-6,10,18H,3-4,7-9,11-16H2,1-2H3. The molecule has 1 N–H and O–H groups in total. The smallest absolute Gasteiger partial charge is 0.0167 e. The second kappa shape index (κ2) is 11.2. The van der Waals surface area contributed by atoms with E-state index >= 15 is 0 Å². The van der Waals surface area contributed by atoms with Crippen LogP contribution in [0.1, 0.15) is 52.4 Å². The van der Waals surface area contributed by atoms with Gasteiger partial charge in [-0.2, -0.15) is 0 Å². The molecule has 0 aromatic rings. The fourth-order valence-corrected chi connectivity index (χ4v) is 2.60. The van der Waals surface area contributed by atoms with Crippen LogP contribution in [0.2, 0.25) is 0 Å². The van der Waals surface area contributed by atoms with Crippen LogP contribution < -0.4 is 5.32 Å². The van der Waals surface area contributed by atoms with Gasteiger partial charge < -0.3 is 10.2 Å². The van der Waals surface area contributed by atoms with E-state index in [2.05, 4.69) is 42.3 Å². The molecular weight excluding hydrogens is 232 g/mol. The SMILES string of the molecule is CCCN(CCC)CCCCNCC1=CC=CCC1. The number of unbranched alkanes of at least 4 members (excludes halogenated alkanes) is 1. The van der Waals surface area contributed by atoms with Gasteiger partial charge in [0.2, 0.25) is 0 Å². The minimum atomic E-state index is 1.08. The predicted octanol–water partition coefficient (Wildman–Crippen LogP) is 3.75. The molecule has 0 aliphatic heterocycles. The molecule has 110 valence electrons. The molecule has 1 aliphatic carbocycles. The van der Waals surface area contributed by atoms with Crippen LogP contribution in [0.15, 0.2) is 23.8 Å². The molecule has 0 radical (unpaired) electrons. The van der Waals surface area contributed by atoms with E-state index in [0.29, 0.717) is 0 Å². The van der Waals surface area contributed by atoms with E-state index in [4.69, 9.17) is 0 Å². The van der Waals surface area contributed by atoms with Crippen molar-refractivity contribution < 1.29 is 0 Å². The largest absolute Gasteiger partial charge is 0.313 e. The van der Waals surface area contributed by atoms with E-state index in [1.54, 1.807) is 5.57 Å². The predicted molar refractivity (Wildman–Crippen MR) is 85.6 cm³/mol.